The molecule has 17 heavy (non-hydrogen) atoms. The third-order valence-electron chi connectivity index (χ3n) is 2.42. The third kappa shape index (κ3) is 2.09. The van der Waals surface area contributed by atoms with Crippen molar-refractivity contribution in [1.82, 2.24) is 9.97 Å². The number of hydrogen-bond acceptors (Lipinski definition) is 6. The lowest BCUT2D eigenvalue weighted by Crippen LogP contribution is -2.29. The van der Waals surface area contributed by atoms with Crippen molar-refractivity contribution in [2.45, 2.75) is 12.5 Å². The maximum absolute atomic E-state index is 11.6. The lowest BCUT2D eigenvalue weighted by molar-refractivity contribution is -0.117. The summed E-state index contributed by atoms with van der Waals surface area (Å²) in [5.74, 6) is -0.827. The molecule has 1 N–H and O–H groups in total. The van der Waals surface area contributed by atoms with Crippen molar-refractivity contribution in [3.8, 4) is 0 Å². The molecule has 1 aromatic rings. The number of amides is 1. The maximum Gasteiger partial charge on any atom is 0.360 e. The summed E-state index contributed by atoms with van der Waals surface area (Å²) in [4.78, 5) is 32.1. The molecular formula is C10H11N3O4. The highest BCUT2D eigenvalue weighted by Crippen LogP contribution is 2.22. The number of aliphatic hydroxyl groups is 1. The van der Waals surface area contributed by atoms with Gasteiger partial charge in [0.25, 0.3) is 0 Å². The van der Waals surface area contributed by atoms with Crippen LogP contribution < -0.4 is 4.90 Å². The fourth-order valence-electron chi connectivity index (χ4n) is 1.66. The normalized spacial score (nSPS) is 19.5. The predicted octanol–water partition coefficient (Wildman–Crippen LogP) is -0.639. The Morgan fingerprint density at radius 1 is 1.53 bits per heavy atom. The number of ether oxygens (including phenoxy) is 1. The molecule has 1 fully saturated rings. The zero-order valence-corrected chi connectivity index (χ0v) is 9.16. The van der Waals surface area contributed by atoms with Gasteiger partial charge in [0.15, 0.2) is 11.5 Å². The number of carbonyl (C=O) groups excluding carboxylic acids is 2. The predicted molar refractivity (Wildman–Crippen MR) is 56.3 cm³/mol. The van der Waals surface area contributed by atoms with Gasteiger partial charge in [-0.3, -0.25) is 9.69 Å². The first-order valence-electron chi connectivity index (χ1n) is 5.01. The molecule has 1 saturated heterocycles. The van der Waals surface area contributed by atoms with Gasteiger partial charge in [0.2, 0.25) is 5.91 Å². The number of methoxy groups -OCH3 is 1. The molecule has 7 nitrogen and oxygen atoms in total. The topological polar surface area (TPSA) is 92.6 Å². The Morgan fingerprint density at radius 2 is 2.24 bits per heavy atom. The van der Waals surface area contributed by atoms with Crippen molar-refractivity contribution >= 4 is 17.7 Å². The van der Waals surface area contributed by atoms with Crippen LogP contribution in [0, 0.1) is 0 Å². The first-order chi connectivity index (χ1) is 8.13. The summed E-state index contributed by atoms with van der Waals surface area (Å²) in [7, 11) is 1.22. The van der Waals surface area contributed by atoms with E-state index < -0.39 is 12.1 Å². The molecule has 0 aromatic carbocycles. The summed E-state index contributed by atoms with van der Waals surface area (Å²) in [6.45, 7) is 0.113. The summed E-state index contributed by atoms with van der Waals surface area (Å²) in [6, 6.07) is 0. The van der Waals surface area contributed by atoms with E-state index in [1.165, 1.54) is 24.4 Å². The second-order valence-electron chi connectivity index (χ2n) is 3.58. The van der Waals surface area contributed by atoms with E-state index in [1.807, 2.05) is 0 Å². The number of aromatic nitrogens is 2. The molecule has 0 radical (unpaired) electrons. The van der Waals surface area contributed by atoms with Crippen LogP contribution in [0.25, 0.3) is 0 Å². The van der Waals surface area contributed by atoms with Crippen LogP contribution in [-0.4, -0.2) is 46.7 Å². The second-order valence-corrected chi connectivity index (χ2v) is 3.58. The molecule has 1 unspecified atom stereocenters. The molecule has 2 heterocycles. The molecule has 0 saturated carbocycles. The van der Waals surface area contributed by atoms with Crippen molar-refractivity contribution in [2.75, 3.05) is 18.6 Å². The van der Waals surface area contributed by atoms with Crippen molar-refractivity contribution in [3.63, 3.8) is 0 Å². The molecule has 0 spiro atoms. The van der Waals surface area contributed by atoms with Crippen molar-refractivity contribution in [3.05, 3.63) is 18.1 Å². The van der Waals surface area contributed by atoms with Crippen LogP contribution >= 0.6 is 0 Å². The van der Waals surface area contributed by atoms with Crippen LogP contribution in [0.4, 0.5) is 5.82 Å². The number of rotatable bonds is 2. The molecule has 90 valence electrons. The highest BCUT2D eigenvalue weighted by atomic mass is 16.5. The number of aliphatic hydroxyl groups excluding tert-OH is 1. The molecule has 1 aliphatic rings. The first kappa shape index (κ1) is 11.5. The van der Waals surface area contributed by atoms with E-state index in [0.717, 1.165) is 0 Å². The number of anilines is 1. The Balaban J connectivity index is 2.38. The number of carbonyl (C=O) groups is 2. The standard InChI is InChI=1S/C10H11N3O4/c1-17-10(16)8-9(12-3-2-11-8)13-5-6(14)4-7(13)15/h2-3,6,14H,4-5H2,1H3. The Morgan fingerprint density at radius 3 is 2.82 bits per heavy atom. The molecule has 2 rings (SSSR count). The summed E-state index contributed by atoms with van der Waals surface area (Å²) >= 11 is 0. The smallest absolute Gasteiger partial charge is 0.360 e. The van der Waals surface area contributed by atoms with Gasteiger partial charge in [-0.05, 0) is 0 Å². The van der Waals surface area contributed by atoms with Crippen LogP contribution in [0.3, 0.4) is 0 Å². The average molecular weight is 237 g/mol. The molecule has 0 bridgehead atoms. The van der Waals surface area contributed by atoms with Crippen molar-refractivity contribution in [1.29, 1.82) is 0 Å². The second kappa shape index (κ2) is 4.46. The van der Waals surface area contributed by atoms with Gasteiger partial charge in [-0.25, -0.2) is 14.8 Å². The van der Waals surface area contributed by atoms with Gasteiger partial charge in [0.1, 0.15) is 0 Å². The minimum absolute atomic E-state index is 0.0250. The van der Waals surface area contributed by atoms with Crippen LogP contribution in [-0.2, 0) is 9.53 Å². The van der Waals surface area contributed by atoms with E-state index >= 15 is 0 Å². The average Bonchev–Trinajstić information content (AvgIpc) is 2.67. The van der Waals surface area contributed by atoms with Crippen LogP contribution in [0.15, 0.2) is 12.4 Å². The largest absolute Gasteiger partial charge is 0.464 e. The van der Waals surface area contributed by atoms with Crippen LogP contribution in [0.5, 0.6) is 0 Å². The maximum atomic E-state index is 11.6. The van der Waals surface area contributed by atoms with E-state index in [0.29, 0.717) is 0 Å². The minimum Gasteiger partial charge on any atom is -0.464 e. The van der Waals surface area contributed by atoms with Gasteiger partial charge in [-0.2, -0.15) is 0 Å². The molecule has 7 heteroatoms. The SMILES string of the molecule is COC(=O)c1nccnc1N1CC(O)CC1=O. The van der Waals surface area contributed by atoms with E-state index in [1.54, 1.807) is 0 Å². The molecule has 1 amide bonds. The Labute approximate surface area is 97.0 Å². The quantitative estimate of drug-likeness (QED) is 0.688. The zero-order chi connectivity index (χ0) is 12.4. The molecule has 1 aromatic heterocycles. The van der Waals surface area contributed by atoms with E-state index in [4.69, 9.17) is 0 Å². The summed E-state index contributed by atoms with van der Waals surface area (Å²) < 4.78 is 4.56. The molecule has 0 aliphatic carbocycles. The zero-order valence-electron chi connectivity index (χ0n) is 9.16. The number of esters is 1. The van der Waals surface area contributed by atoms with E-state index in [9.17, 15) is 14.7 Å². The highest BCUT2D eigenvalue weighted by molar-refractivity contribution is 6.01. The molecule has 1 atom stereocenters. The number of β-amino-alcohol motifs (C(OH)–C–C–N with tert-alkyl or cyclic N) is 1. The fraction of sp³-hybridized carbons (Fsp3) is 0.400. The first-order valence-corrected chi connectivity index (χ1v) is 5.01. The van der Waals surface area contributed by atoms with Gasteiger partial charge >= 0.3 is 5.97 Å². The van der Waals surface area contributed by atoms with Crippen molar-refractivity contribution < 1.29 is 19.4 Å². The van der Waals surface area contributed by atoms with Gasteiger partial charge in [-0.15, -0.1) is 0 Å². The Kier molecular flexibility index (Phi) is 3.01. The lowest BCUT2D eigenvalue weighted by Gasteiger charge is -2.16. The summed E-state index contributed by atoms with van der Waals surface area (Å²) in [6.07, 6.45) is 2.00. The number of hydrogen-bond donors (Lipinski definition) is 1. The third-order valence-corrected chi connectivity index (χ3v) is 2.42. The minimum atomic E-state index is -0.741. The van der Waals surface area contributed by atoms with E-state index in [-0.39, 0.29) is 30.4 Å². The van der Waals surface area contributed by atoms with Gasteiger partial charge in [-0.1, -0.05) is 0 Å². The highest BCUT2D eigenvalue weighted by Gasteiger charge is 2.33. The molecule has 1 aliphatic heterocycles. The van der Waals surface area contributed by atoms with E-state index in [2.05, 4.69) is 14.7 Å². The van der Waals surface area contributed by atoms with Crippen LogP contribution in [0.2, 0.25) is 0 Å². The van der Waals surface area contributed by atoms with Crippen molar-refractivity contribution in [2.24, 2.45) is 0 Å². The Hall–Kier alpha value is -2.02. The van der Waals surface area contributed by atoms with Gasteiger partial charge in [0, 0.05) is 12.4 Å². The van der Waals surface area contributed by atoms with Gasteiger partial charge < -0.3 is 9.84 Å². The fourth-order valence-corrected chi connectivity index (χ4v) is 1.66. The summed E-state index contributed by atoms with van der Waals surface area (Å²) in [5, 5.41) is 9.39. The van der Waals surface area contributed by atoms with Crippen LogP contribution in [0.1, 0.15) is 16.9 Å². The molecular weight excluding hydrogens is 226 g/mol. The lowest BCUT2D eigenvalue weighted by atomic mass is 10.3. The Bertz CT molecular complexity index is 463. The number of nitrogens with zero attached hydrogens (tertiary/aromatic N) is 3. The monoisotopic (exact) mass is 237 g/mol. The van der Waals surface area contributed by atoms with Gasteiger partial charge in [0.05, 0.1) is 26.2 Å². The summed E-state index contributed by atoms with van der Waals surface area (Å²) in [5.41, 5.74) is -0.0301.